The fraction of sp³-hybridized carbons (Fsp3) is 0.917. The number of β-amino-alcohol motifs (C(OH)–C–C–N with tert-alkyl or cyclic N) is 1. The Morgan fingerprint density at radius 3 is 2.41 bits per heavy atom. The Balaban J connectivity index is 1.76. The molecule has 0 bridgehead atoms. The molecule has 0 saturated carbocycles. The molecule has 2 heterocycles. The van der Waals surface area contributed by atoms with Crippen LogP contribution in [0.1, 0.15) is 20.3 Å². The van der Waals surface area contributed by atoms with Crippen molar-refractivity contribution in [3.05, 3.63) is 0 Å². The van der Waals surface area contributed by atoms with Crippen molar-refractivity contribution in [2.24, 2.45) is 0 Å². The van der Waals surface area contributed by atoms with Crippen LogP contribution in [0.3, 0.4) is 0 Å². The molecule has 2 aliphatic rings. The number of rotatable bonds is 3. The first-order valence-corrected chi connectivity index (χ1v) is 6.38. The zero-order valence-corrected chi connectivity index (χ0v) is 10.6. The van der Waals surface area contributed by atoms with Crippen LogP contribution in [0, 0.1) is 0 Å². The van der Waals surface area contributed by atoms with E-state index in [0.29, 0.717) is 6.54 Å². The van der Waals surface area contributed by atoms with E-state index in [0.717, 1.165) is 26.2 Å². The highest BCUT2D eigenvalue weighted by Crippen LogP contribution is 2.13. The third-order valence-electron chi connectivity index (χ3n) is 3.38. The third kappa shape index (κ3) is 3.40. The number of amides is 1. The predicted molar refractivity (Wildman–Crippen MR) is 63.7 cm³/mol. The molecule has 5 nitrogen and oxygen atoms in total. The van der Waals surface area contributed by atoms with E-state index in [1.54, 1.807) is 4.90 Å². The minimum absolute atomic E-state index is 0.0758. The standard InChI is InChI=1S/C12H22N2O3/c1-9-6-13(7-10(2)17-9)3-4-14-8-11(15)5-12(14)16/h9-11,15H,3-8H2,1-2H3/t9-,10+,11?. The molecule has 2 fully saturated rings. The Morgan fingerprint density at radius 1 is 1.24 bits per heavy atom. The van der Waals surface area contributed by atoms with E-state index in [-0.39, 0.29) is 24.5 Å². The molecule has 0 aliphatic carbocycles. The molecule has 0 radical (unpaired) electrons. The fourth-order valence-corrected chi connectivity index (χ4v) is 2.70. The highest BCUT2D eigenvalue weighted by Gasteiger charge is 2.29. The van der Waals surface area contributed by atoms with Gasteiger partial charge in [-0.05, 0) is 13.8 Å². The quantitative estimate of drug-likeness (QED) is 0.737. The summed E-state index contributed by atoms with van der Waals surface area (Å²) in [6.07, 6.45) is 0.345. The molecule has 2 saturated heterocycles. The predicted octanol–water partition coefficient (Wildman–Crippen LogP) is -0.311. The summed E-state index contributed by atoms with van der Waals surface area (Å²) in [7, 11) is 0. The average Bonchev–Trinajstić information content (AvgIpc) is 2.53. The Bertz CT molecular complexity index is 275. The molecule has 0 aromatic carbocycles. The number of nitrogens with zero attached hydrogens (tertiary/aromatic N) is 2. The second kappa shape index (κ2) is 5.33. The second-order valence-corrected chi connectivity index (χ2v) is 5.21. The Morgan fingerprint density at radius 2 is 1.88 bits per heavy atom. The second-order valence-electron chi connectivity index (χ2n) is 5.21. The van der Waals surface area contributed by atoms with Crippen molar-refractivity contribution in [2.75, 3.05) is 32.7 Å². The molecular formula is C12H22N2O3. The van der Waals surface area contributed by atoms with E-state index in [1.165, 1.54) is 0 Å². The van der Waals surface area contributed by atoms with Crippen LogP contribution >= 0.6 is 0 Å². The smallest absolute Gasteiger partial charge is 0.225 e. The Labute approximate surface area is 102 Å². The van der Waals surface area contributed by atoms with Crippen molar-refractivity contribution < 1.29 is 14.6 Å². The lowest BCUT2D eigenvalue weighted by atomic mass is 10.2. The summed E-state index contributed by atoms with van der Waals surface area (Å²) < 4.78 is 5.66. The van der Waals surface area contributed by atoms with Crippen LogP contribution < -0.4 is 0 Å². The van der Waals surface area contributed by atoms with Gasteiger partial charge in [0.1, 0.15) is 0 Å². The van der Waals surface area contributed by atoms with Crippen LogP contribution in [0.15, 0.2) is 0 Å². The van der Waals surface area contributed by atoms with Crippen molar-refractivity contribution >= 4 is 5.91 Å². The Hall–Kier alpha value is -0.650. The number of hydrogen-bond acceptors (Lipinski definition) is 4. The maximum Gasteiger partial charge on any atom is 0.225 e. The number of morpholine rings is 1. The lowest BCUT2D eigenvalue weighted by molar-refractivity contribution is -0.128. The lowest BCUT2D eigenvalue weighted by Gasteiger charge is -2.36. The molecule has 2 aliphatic heterocycles. The normalized spacial score (nSPS) is 35.6. The monoisotopic (exact) mass is 242 g/mol. The minimum Gasteiger partial charge on any atom is -0.391 e. The number of aliphatic hydroxyl groups excluding tert-OH is 1. The number of carbonyl (C=O) groups excluding carboxylic acids is 1. The van der Waals surface area contributed by atoms with Crippen LogP contribution in [-0.4, -0.2) is 71.8 Å². The number of ether oxygens (including phenoxy) is 1. The molecule has 1 amide bonds. The van der Waals surface area contributed by atoms with Gasteiger partial charge >= 0.3 is 0 Å². The number of carbonyl (C=O) groups is 1. The molecule has 1 unspecified atom stereocenters. The third-order valence-corrected chi connectivity index (χ3v) is 3.38. The van der Waals surface area contributed by atoms with Crippen molar-refractivity contribution in [3.63, 3.8) is 0 Å². The van der Waals surface area contributed by atoms with Gasteiger partial charge in [0.15, 0.2) is 0 Å². The summed E-state index contributed by atoms with van der Waals surface area (Å²) in [5.41, 5.74) is 0. The summed E-state index contributed by atoms with van der Waals surface area (Å²) in [6.45, 7) is 8.09. The molecule has 0 aromatic heterocycles. The van der Waals surface area contributed by atoms with Gasteiger partial charge < -0.3 is 14.7 Å². The van der Waals surface area contributed by atoms with Gasteiger partial charge in [0.25, 0.3) is 0 Å². The first kappa shape index (κ1) is 12.8. The molecule has 5 heteroatoms. The number of likely N-dealkylation sites (tertiary alicyclic amines) is 1. The molecule has 0 aromatic rings. The van der Waals surface area contributed by atoms with Gasteiger partial charge in [-0.25, -0.2) is 0 Å². The maximum absolute atomic E-state index is 11.5. The van der Waals surface area contributed by atoms with Crippen LogP contribution in [-0.2, 0) is 9.53 Å². The molecular weight excluding hydrogens is 220 g/mol. The van der Waals surface area contributed by atoms with E-state index in [1.807, 2.05) is 0 Å². The van der Waals surface area contributed by atoms with E-state index in [4.69, 9.17) is 4.74 Å². The molecule has 3 atom stereocenters. The molecule has 1 N–H and O–H groups in total. The zero-order chi connectivity index (χ0) is 12.4. The van der Waals surface area contributed by atoms with Crippen LogP contribution in [0.2, 0.25) is 0 Å². The van der Waals surface area contributed by atoms with Gasteiger partial charge in [-0.3, -0.25) is 9.69 Å². The Kier molecular flexibility index (Phi) is 4.01. The number of aliphatic hydroxyl groups is 1. The van der Waals surface area contributed by atoms with E-state index in [9.17, 15) is 9.90 Å². The van der Waals surface area contributed by atoms with E-state index in [2.05, 4.69) is 18.7 Å². The summed E-state index contributed by atoms with van der Waals surface area (Å²) in [5, 5.41) is 9.39. The van der Waals surface area contributed by atoms with Crippen LogP contribution in [0.25, 0.3) is 0 Å². The maximum atomic E-state index is 11.5. The highest BCUT2D eigenvalue weighted by atomic mass is 16.5. The van der Waals surface area contributed by atoms with E-state index >= 15 is 0 Å². The van der Waals surface area contributed by atoms with Crippen LogP contribution in [0.4, 0.5) is 0 Å². The number of hydrogen-bond donors (Lipinski definition) is 1. The van der Waals surface area contributed by atoms with Crippen LogP contribution in [0.5, 0.6) is 0 Å². The lowest BCUT2D eigenvalue weighted by Crippen LogP contribution is -2.48. The fourth-order valence-electron chi connectivity index (χ4n) is 2.70. The summed E-state index contributed by atoms with van der Waals surface area (Å²) in [5.74, 6) is 0.0758. The SMILES string of the molecule is C[C@@H]1CN(CCN2CC(O)CC2=O)C[C@H](C)O1. The minimum atomic E-state index is -0.468. The first-order valence-electron chi connectivity index (χ1n) is 6.38. The van der Waals surface area contributed by atoms with Gasteiger partial charge in [0.2, 0.25) is 5.91 Å². The van der Waals surface area contributed by atoms with Gasteiger partial charge in [0.05, 0.1) is 24.7 Å². The topological polar surface area (TPSA) is 53.0 Å². The first-order chi connectivity index (χ1) is 8.04. The van der Waals surface area contributed by atoms with Gasteiger partial charge in [-0.15, -0.1) is 0 Å². The zero-order valence-electron chi connectivity index (χ0n) is 10.6. The highest BCUT2D eigenvalue weighted by molar-refractivity contribution is 5.78. The van der Waals surface area contributed by atoms with E-state index < -0.39 is 6.10 Å². The van der Waals surface area contributed by atoms with Crippen molar-refractivity contribution in [2.45, 2.75) is 38.6 Å². The summed E-state index contributed by atoms with van der Waals surface area (Å²) >= 11 is 0. The van der Waals surface area contributed by atoms with Gasteiger partial charge in [0, 0.05) is 32.7 Å². The van der Waals surface area contributed by atoms with Gasteiger partial charge in [-0.2, -0.15) is 0 Å². The summed E-state index contributed by atoms with van der Waals surface area (Å²) in [4.78, 5) is 15.6. The van der Waals surface area contributed by atoms with Gasteiger partial charge in [-0.1, -0.05) is 0 Å². The molecule has 17 heavy (non-hydrogen) atoms. The largest absolute Gasteiger partial charge is 0.391 e. The van der Waals surface area contributed by atoms with Crippen molar-refractivity contribution in [3.8, 4) is 0 Å². The summed E-state index contributed by atoms with van der Waals surface area (Å²) in [6, 6.07) is 0. The average molecular weight is 242 g/mol. The molecule has 2 rings (SSSR count). The molecule has 0 spiro atoms. The van der Waals surface area contributed by atoms with Crippen molar-refractivity contribution in [1.29, 1.82) is 0 Å². The van der Waals surface area contributed by atoms with Crippen molar-refractivity contribution in [1.82, 2.24) is 9.80 Å². The molecule has 98 valence electrons.